The van der Waals surface area contributed by atoms with Gasteiger partial charge in [-0.1, -0.05) is 6.07 Å². The second-order valence-corrected chi connectivity index (χ2v) is 4.17. The molecule has 2 aromatic rings. The predicted molar refractivity (Wildman–Crippen MR) is 73.7 cm³/mol. The van der Waals surface area contributed by atoms with Crippen molar-refractivity contribution in [1.29, 1.82) is 0 Å². The Bertz CT molecular complexity index is 555. The number of rotatable bonds is 3. The maximum absolute atomic E-state index is 13.4. The lowest BCUT2D eigenvalue weighted by Crippen LogP contribution is -2.28. The van der Waals surface area contributed by atoms with Gasteiger partial charge in [0.15, 0.2) is 5.11 Å². The average molecular weight is 279 g/mol. The van der Waals surface area contributed by atoms with E-state index in [9.17, 15) is 8.78 Å². The largest absolute Gasteiger partial charge is 0.358 e. The fourth-order valence-corrected chi connectivity index (χ4v) is 1.63. The van der Waals surface area contributed by atoms with Gasteiger partial charge < -0.3 is 10.6 Å². The van der Waals surface area contributed by atoms with Crippen LogP contribution in [0.5, 0.6) is 0 Å². The fraction of sp³-hybridized carbons (Fsp3) is 0.0769. The van der Waals surface area contributed by atoms with E-state index in [1.165, 1.54) is 6.07 Å². The van der Waals surface area contributed by atoms with Gasteiger partial charge in [-0.15, -0.1) is 0 Å². The molecule has 0 aliphatic rings. The maximum atomic E-state index is 13.4. The molecule has 2 rings (SSSR count). The van der Waals surface area contributed by atoms with Gasteiger partial charge in [-0.05, 0) is 42.0 Å². The third-order valence-electron chi connectivity index (χ3n) is 2.40. The Hall–Kier alpha value is -2.08. The summed E-state index contributed by atoms with van der Waals surface area (Å²) in [6, 6.07) is 7.26. The summed E-state index contributed by atoms with van der Waals surface area (Å²) in [6.07, 6.45) is 3.31. The summed E-state index contributed by atoms with van der Waals surface area (Å²) in [5.74, 6) is -1.37. The number of aromatic nitrogens is 1. The highest BCUT2D eigenvalue weighted by molar-refractivity contribution is 7.80. The number of nitrogens with one attached hydrogen (secondary N) is 2. The van der Waals surface area contributed by atoms with Crippen LogP contribution >= 0.6 is 12.2 Å². The van der Waals surface area contributed by atoms with Gasteiger partial charge in [0, 0.05) is 18.9 Å². The lowest BCUT2D eigenvalue weighted by Gasteiger charge is -2.11. The highest BCUT2D eigenvalue weighted by Gasteiger charge is 2.09. The van der Waals surface area contributed by atoms with Crippen LogP contribution < -0.4 is 10.6 Å². The van der Waals surface area contributed by atoms with Gasteiger partial charge in [0.1, 0.15) is 17.3 Å². The first-order valence-corrected chi connectivity index (χ1v) is 5.95. The van der Waals surface area contributed by atoms with E-state index in [1.807, 2.05) is 12.1 Å². The first kappa shape index (κ1) is 13.4. The Morgan fingerprint density at radius 1 is 1.11 bits per heavy atom. The van der Waals surface area contributed by atoms with Gasteiger partial charge in [0.25, 0.3) is 0 Å². The number of anilines is 1. The number of para-hydroxylation sites is 1. The van der Waals surface area contributed by atoms with Crippen LogP contribution in [0.1, 0.15) is 5.56 Å². The standard InChI is InChI=1S/C13H11F2N3S/c14-10-2-1-3-11(15)12(10)18-13(19)17-8-9-4-6-16-7-5-9/h1-7H,8H2,(H2,17,18,19). The smallest absolute Gasteiger partial charge is 0.171 e. The van der Waals surface area contributed by atoms with Crippen molar-refractivity contribution in [1.82, 2.24) is 10.3 Å². The molecule has 0 spiro atoms. The summed E-state index contributed by atoms with van der Waals surface area (Å²) < 4.78 is 26.8. The molecule has 1 heterocycles. The van der Waals surface area contributed by atoms with E-state index in [0.29, 0.717) is 6.54 Å². The Morgan fingerprint density at radius 3 is 2.37 bits per heavy atom. The topological polar surface area (TPSA) is 37.0 Å². The Balaban J connectivity index is 1.95. The van der Waals surface area contributed by atoms with Crippen molar-refractivity contribution < 1.29 is 8.78 Å². The van der Waals surface area contributed by atoms with Crippen LogP contribution in [-0.4, -0.2) is 10.1 Å². The zero-order chi connectivity index (χ0) is 13.7. The molecule has 19 heavy (non-hydrogen) atoms. The zero-order valence-corrected chi connectivity index (χ0v) is 10.7. The number of benzene rings is 1. The van der Waals surface area contributed by atoms with Gasteiger partial charge in [0.2, 0.25) is 0 Å². The molecule has 98 valence electrons. The molecule has 6 heteroatoms. The van der Waals surface area contributed by atoms with Crippen molar-refractivity contribution in [2.45, 2.75) is 6.54 Å². The number of pyridine rings is 1. The van der Waals surface area contributed by atoms with Crippen molar-refractivity contribution in [2.24, 2.45) is 0 Å². The monoisotopic (exact) mass is 279 g/mol. The van der Waals surface area contributed by atoms with E-state index in [1.54, 1.807) is 12.4 Å². The summed E-state index contributed by atoms with van der Waals surface area (Å²) in [6.45, 7) is 0.449. The summed E-state index contributed by atoms with van der Waals surface area (Å²) in [7, 11) is 0. The predicted octanol–water partition coefficient (Wildman–Crippen LogP) is 2.85. The van der Waals surface area contributed by atoms with Crippen molar-refractivity contribution >= 4 is 23.0 Å². The van der Waals surface area contributed by atoms with E-state index in [0.717, 1.165) is 17.7 Å². The van der Waals surface area contributed by atoms with Gasteiger partial charge in [0.05, 0.1) is 0 Å². The lowest BCUT2D eigenvalue weighted by molar-refractivity contribution is 0.591. The number of nitrogens with zero attached hydrogens (tertiary/aromatic N) is 1. The highest BCUT2D eigenvalue weighted by atomic mass is 32.1. The summed E-state index contributed by atoms with van der Waals surface area (Å²) in [4.78, 5) is 3.89. The fourth-order valence-electron chi connectivity index (χ4n) is 1.46. The molecule has 1 aromatic heterocycles. The molecule has 0 radical (unpaired) electrons. The minimum absolute atomic E-state index is 0.154. The number of thiocarbonyl (C=S) groups is 1. The molecule has 0 fully saturated rings. The molecule has 0 saturated heterocycles. The van der Waals surface area contributed by atoms with Crippen LogP contribution in [0.15, 0.2) is 42.7 Å². The molecule has 1 aromatic carbocycles. The molecule has 0 aliphatic heterocycles. The van der Waals surface area contributed by atoms with Crippen LogP contribution in [0, 0.1) is 11.6 Å². The molecule has 0 unspecified atom stereocenters. The molecule has 0 aliphatic carbocycles. The SMILES string of the molecule is Fc1cccc(F)c1NC(=S)NCc1ccncc1. The molecule has 0 amide bonds. The number of hydrogen-bond donors (Lipinski definition) is 2. The average Bonchev–Trinajstić information content (AvgIpc) is 2.42. The van der Waals surface area contributed by atoms with Crippen molar-refractivity contribution in [2.75, 3.05) is 5.32 Å². The second kappa shape index (κ2) is 6.19. The van der Waals surface area contributed by atoms with Crippen LogP contribution in [0.2, 0.25) is 0 Å². The van der Waals surface area contributed by atoms with E-state index in [-0.39, 0.29) is 10.8 Å². The third-order valence-corrected chi connectivity index (χ3v) is 2.65. The molecule has 0 bridgehead atoms. The molecule has 2 N–H and O–H groups in total. The third kappa shape index (κ3) is 3.69. The molecule has 0 atom stereocenters. The summed E-state index contributed by atoms with van der Waals surface area (Å²) >= 11 is 4.98. The first-order chi connectivity index (χ1) is 9.16. The minimum Gasteiger partial charge on any atom is -0.358 e. The number of hydrogen-bond acceptors (Lipinski definition) is 2. The molecular weight excluding hydrogens is 268 g/mol. The Kier molecular flexibility index (Phi) is 4.35. The van der Waals surface area contributed by atoms with E-state index in [4.69, 9.17) is 12.2 Å². The quantitative estimate of drug-likeness (QED) is 0.847. The van der Waals surface area contributed by atoms with E-state index >= 15 is 0 Å². The minimum atomic E-state index is -0.687. The molecule has 3 nitrogen and oxygen atoms in total. The van der Waals surface area contributed by atoms with Gasteiger partial charge in [-0.25, -0.2) is 8.78 Å². The van der Waals surface area contributed by atoms with Crippen LogP contribution in [0.25, 0.3) is 0 Å². The Morgan fingerprint density at radius 2 is 1.74 bits per heavy atom. The zero-order valence-electron chi connectivity index (χ0n) is 9.86. The Labute approximate surface area is 114 Å². The maximum Gasteiger partial charge on any atom is 0.171 e. The van der Waals surface area contributed by atoms with Gasteiger partial charge in [-0.3, -0.25) is 4.98 Å². The lowest BCUT2D eigenvalue weighted by atomic mass is 10.3. The number of halogens is 2. The van der Waals surface area contributed by atoms with Crippen molar-refractivity contribution in [3.05, 3.63) is 59.9 Å². The van der Waals surface area contributed by atoms with Crippen LogP contribution in [-0.2, 0) is 6.54 Å². The van der Waals surface area contributed by atoms with Crippen molar-refractivity contribution in [3.8, 4) is 0 Å². The van der Waals surface area contributed by atoms with Crippen LogP contribution in [0.3, 0.4) is 0 Å². The van der Waals surface area contributed by atoms with Gasteiger partial charge in [-0.2, -0.15) is 0 Å². The van der Waals surface area contributed by atoms with Crippen LogP contribution in [0.4, 0.5) is 14.5 Å². The summed E-state index contributed by atoms with van der Waals surface area (Å²) in [5.41, 5.74) is 0.711. The molecule has 0 saturated carbocycles. The molecular formula is C13H11F2N3S. The van der Waals surface area contributed by atoms with E-state index in [2.05, 4.69) is 15.6 Å². The second-order valence-electron chi connectivity index (χ2n) is 3.76. The summed E-state index contributed by atoms with van der Waals surface area (Å²) in [5, 5.41) is 5.52. The van der Waals surface area contributed by atoms with Gasteiger partial charge >= 0.3 is 0 Å². The van der Waals surface area contributed by atoms with Crippen molar-refractivity contribution in [3.63, 3.8) is 0 Å². The highest BCUT2D eigenvalue weighted by Crippen LogP contribution is 2.17. The first-order valence-electron chi connectivity index (χ1n) is 5.54. The van der Waals surface area contributed by atoms with E-state index < -0.39 is 11.6 Å². The normalized spacial score (nSPS) is 10.0.